The number of hydrogen-bond donors (Lipinski definition) is 0. The Morgan fingerprint density at radius 2 is 0.979 bits per heavy atom. The zero-order valence-corrected chi connectivity index (χ0v) is 33.4. The van der Waals surface area contributed by atoms with Gasteiger partial charge in [0.2, 0.25) is 0 Å². The van der Waals surface area contributed by atoms with E-state index in [1.165, 1.54) is 93.1 Å². The molecule has 0 fully saturated rings. The molecule has 0 heterocycles. The van der Waals surface area contributed by atoms with Crippen molar-refractivity contribution in [2.24, 2.45) is 0 Å². The summed E-state index contributed by atoms with van der Waals surface area (Å²) in [5.74, 6) is 0. The van der Waals surface area contributed by atoms with Crippen molar-refractivity contribution in [3.8, 4) is 0 Å². The molecule has 0 bridgehead atoms. The zero-order valence-electron chi connectivity index (χ0n) is 29.5. The maximum absolute atomic E-state index is 2.35. The van der Waals surface area contributed by atoms with E-state index in [-0.39, 0.29) is 35.6 Å². The summed E-state index contributed by atoms with van der Waals surface area (Å²) in [6.07, 6.45) is 0. The Labute approximate surface area is 315 Å². The maximum atomic E-state index is 2.35. The Kier molecular flexibility index (Phi) is 13.6. The fourth-order valence-corrected chi connectivity index (χ4v) is 6.62. The number of fused-ring (bicyclic) bond motifs is 4. The van der Waals surface area contributed by atoms with Crippen LogP contribution in [0.2, 0.25) is 0 Å². The third-order valence-corrected chi connectivity index (χ3v) is 10.3. The average molecular weight is 749 g/mol. The summed E-state index contributed by atoms with van der Waals surface area (Å²) >= 11 is 1.46. The molecule has 0 saturated heterocycles. The zero-order chi connectivity index (χ0) is 33.1. The van der Waals surface area contributed by atoms with E-state index in [1.54, 1.807) is 0 Å². The summed E-state index contributed by atoms with van der Waals surface area (Å²) < 4.78 is 1.42. The van der Waals surface area contributed by atoms with Gasteiger partial charge in [0, 0.05) is 0 Å². The molecule has 246 valence electrons. The van der Waals surface area contributed by atoms with Gasteiger partial charge < -0.3 is 24.8 Å². The molecule has 0 aromatic heterocycles. The van der Waals surface area contributed by atoms with Crippen LogP contribution in [0.1, 0.15) is 74.9 Å². The first-order chi connectivity index (χ1) is 21.8. The van der Waals surface area contributed by atoms with Crippen LogP contribution < -0.4 is 24.8 Å². The van der Waals surface area contributed by atoms with Crippen molar-refractivity contribution < 1.29 is 49.0 Å². The molecule has 0 spiro atoms. The van der Waals surface area contributed by atoms with E-state index in [0.29, 0.717) is 0 Å². The van der Waals surface area contributed by atoms with Crippen LogP contribution in [0.4, 0.5) is 0 Å². The summed E-state index contributed by atoms with van der Waals surface area (Å²) in [6.45, 7) is 18.0. The van der Waals surface area contributed by atoms with Gasteiger partial charge in [-0.15, -0.1) is 68.7 Å². The molecule has 0 nitrogen and oxygen atoms in total. The number of rotatable bonds is 2. The molecule has 0 saturated carbocycles. The van der Waals surface area contributed by atoms with Gasteiger partial charge in [0.15, 0.2) is 0 Å². The second-order valence-corrected chi connectivity index (χ2v) is 15.6. The van der Waals surface area contributed by atoms with Gasteiger partial charge in [-0.2, -0.15) is 12.1 Å². The molecular weight excluding hydrogens is 703 g/mol. The van der Waals surface area contributed by atoms with Crippen LogP contribution in [0.25, 0.3) is 32.3 Å². The van der Waals surface area contributed by atoms with Crippen molar-refractivity contribution in [3.63, 3.8) is 0 Å². The third-order valence-electron chi connectivity index (χ3n) is 8.92. The first-order valence-electron chi connectivity index (χ1n) is 16.3. The van der Waals surface area contributed by atoms with Crippen molar-refractivity contribution in [1.29, 1.82) is 0 Å². The fraction of sp³-hybridized carbons (Fsp3) is 0.222. The predicted molar refractivity (Wildman–Crippen MR) is 200 cm³/mol. The molecule has 3 heteroatoms. The van der Waals surface area contributed by atoms with Crippen LogP contribution in [0, 0.1) is 13.8 Å². The van der Waals surface area contributed by atoms with E-state index >= 15 is 0 Å². The summed E-state index contributed by atoms with van der Waals surface area (Å²) in [6, 6.07) is 48.1. The second kappa shape index (κ2) is 16.5. The number of halogens is 2. The molecule has 0 radical (unpaired) electrons. The fourth-order valence-electron chi connectivity index (χ4n) is 5.80. The van der Waals surface area contributed by atoms with E-state index in [9.17, 15) is 0 Å². The first kappa shape index (κ1) is 39.4. The second-order valence-electron chi connectivity index (χ2n) is 14.4. The molecule has 0 unspecified atom stereocenters. The van der Waals surface area contributed by atoms with Crippen LogP contribution in [0.3, 0.4) is 0 Å². The molecule has 0 aliphatic carbocycles. The molecule has 0 aliphatic rings. The molecule has 7 rings (SSSR count). The number of hydrogen-bond acceptors (Lipinski definition) is 0. The summed E-state index contributed by atoms with van der Waals surface area (Å²) in [7, 11) is 0. The first-order valence-corrected chi connectivity index (χ1v) is 17.5. The molecule has 0 atom stereocenters. The van der Waals surface area contributed by atoms with Crippen LogP contribution in [-0.4, -0.2) is 3.21 Å². The van der Waals surface area contributed by atoms with Crippen LogP contribution >= 0.6 is 0 Å². The Morgan fingerprint density at radius 3 is 1.42 bits per heavy atom. The van der Waals surface area contributed by atoms with E-state index in [4.69, 9.17) is 0 Å². The van der Waals surface area contributed by atoms with Crippen LogP contribution in [-0.2, 0) is 35.1 Å². The van der Waals surface area contributed by atoms with Crippen molar-refractivity contribution in [2.75, 3.05) is 0 Å². The molecular formula is C45H46Cl2Zr-2. The summed E-state index contributed by atoms with van der Waals surface area (Å²) in [5.41, 5.74) is 8.66. The van der Waals surface area contributed by atoms with E-state index in [1.807, 2.05) is 0 Å². The van der Waals surface area contributed by atoms with Crippen molar-refractivity contribution in [2.45, 2.75) is 66.2 Å². The Morgan fingerprint density at radius 1 is 0.521 bits per heavy atom. The topological polar surface area (TPSA) is 0 Å². The van der Waals surface area contributed by atoms with E-state index in [2.05, 4.69) is 189 Å². The molecule has 0 N–H and O–H groups in total. The molecule has 48 heavy (non-hydrogen) atoms. The monoisotopic (exact) mass is 746 g/mol. The van der Waals surface area contributed by atoms with Crippen LogP contribution in [0.5, 0.6) is 0 Å². The van der Waals surface area contributed by atoms with Gasteiger partial charge in [-0.05, 0) is 24.7 Å². The van der Waals surface area contributed by atoms with Crippen molar-refractivity contribution in [3.05, 3.63) is 167 Å². The Hall–Kier alpha value is -3.09. The number of aryl methyl sites for hydroxylation is 2. The molecule has 7 aromatic carbocycles. The van der Waals surface area contributed by atoms with Gasteiger partial charge >= 0.3 is 99.2 Å². The average Bonchev–Trinajstić information content (AvgIpc) is 3.68. The Bertz CT molecular complexity index is 1970. The van der Waals surface area contributed by atoms with Gasteiger partial charge in [-0.25, -0.2) is 0 Å². The quantitative estimate of drug-likeness (QED) is 0.183. The minimum atomic E-state index is 0. The van der Waals surface area contributed by atoms with Crippen molar-refractivity contribution >= 4 is 35.5 Å². The predicted octanol–water partition coefficient (Wildman–Crippen LogP) is 6.29. The normalized spacial score (nSPS) is 11.1. The van der Waals surface area contributed by atoms with Crippen LogP contribution in [0.15, 0.2) is 133 Å². The van der Waals surface area contributed by atoms with Gasteiger partial charge in [-0.3, -0.25) is 0 Å². The Balaban J connectivity index is 0.000000202. The molecule has 7 aromatic rings. The minimum absolute atomic E-state index is 0. The van der Waals surface area contributed by atoms with Gasteiger partial charge in [-0.1, -0.05) is 88.1 Å². The summed E-state index contributed by atoms with van der Waals surface area (Å²) in [5, 5.41) is 8.22. The molecule has 0 amide bonds. The van der Waals surface area contributed by atoms with E-state index < -0.39 is 0 Å². The standard InChI is InChI=1S/C21H25.C13H10.C11H11.2ClH.Zr/c1-20(2,3)16-7-9-18-14(12-16)11-15-13-17(21(4,5)6)8-10-19(15)18;1-3-7-12(8-4-1)11-13-9-5-2-6-10-13;1-8-6-7-10-4-3-5-11(10)9(8)2;;;/h7-13H,1-6H3;1-10H;3-7H,1-2H3;2*1H;/q-1;;-1;;;+2/p-2. The van der Waals surface area contributed by atoms with Crippen molar-refractivity contribution in [1.82, 2.24) is 0 Å². The van der Waals surface area contributed by atoms with Gasteiger partial charge in [0.1, 0.15) is 0 Å². The van der Waals surface area contributed by atoms with Gasteiger partial charge in [0.05, 0.1) is 0 Å². The van der Waals surface area contributed by atoms with Gasteiger partial charge in [0.25, 0.3) is 0 Å². The SMILES string of the molecule is CC(C)(C)c1ccc2c(c1)[cH-]c1cc(C(C)(C)C)ccc12.Cc1ccc2[cH-]ccc2c1C.[Cl-].[Cl-].[Zr+2]=[C](c1ccccc1)c1ccccc1. The molecule has 0 aliphatic heterocycles. The number of benzene rings is 5. The van der Waals surface area contributed by atoms with E-state index in [0.717, 1.165) is 0 Å². The summed E-state index contributed by atoms with van der Waals surface area (Å²) in [4.78, 5) is 0. The third kappa shape index (κ3) is 9.32.